The molecule has 0 bridgehead atoms. The van der Waals surface area contributed by atoms with Gasteiger partial charge in [0.05, 0.1) is 16.5 Å². The number of aromatic carboxylic acids is 1. The highest BCUT2D eigenvalue weighted by atomic mass is 32.2. The average molecular weight is 311 g/mol. The van der Waals surface area contributed by atoms with Crippen molar-refractivity contribution < 1.29 is 23.1 Å². The topological polar surface area (TPSA) is 83.9 Å². The Kier molecular flexibility index (Phi) is 3.62. The fourth-order valence-corrected chi connectivity index (χ4v) is 4.84. The van der Waals surface area contributed by atoms with Gasteiger partial charge in [0.2, 0.25) is 10.0 Å². The average Bonchev–Trinajstić information content (AvgIpc) is 2.91. The van der Waals surface area contributed by atoms with Crippen LogP contribution in [0.2, 0.25) is 0 Å². The summed E-state index contributed by atoms with van der Waals surface area (Å²) < 4.78 is 32.1. The maximum absolute atomic E-state index is 12.8. The van der Waals surface area contributed by atoms with Crippen molar-refractivity contribution in [3.8, 4) is 0 Å². The Bertz CT molecular complexity index is 664. The van der Waals surface area contributed by atoms with Gasteiger partial charge in [0.15, 0.2) is 0 Å². The highest BCUT2D eigenvalue weighted by molar-refractivity contribution is 7.93. The zero-order valence-electron chi connectivity index (χ0n) is 11.5. The minimum Gasteiger partial charge on any atom is -0.478 e. The summed E-state index contributed by atoms with van der Waals surface area (Å²) in [4.78, 5) is 11.1. The molecule has 1 N–H and O–H groups in total. The molecule has 1 aromatic rings. The van der Waals surface area contributed by atoms with E-state index in [0.717, 1.165) is 5.56 Å². The molecule has 0 aliphatic carbocycles. The molecule has 0 aromatic heterocycles. The van der Waals surface area contributed by atoms with E-state index in [2.05, 4.69) is 0 Å². The van der Waals surface area contributed by atoms with Crippen LogP contribution >= 0.6 is 0 Å². The maximum Gasteiger partial charge on any atom is 0.335 e. The number of ether oxygens (including phenoxy) is 1. The largest absolute Gasteiger partial charge is 0.478 e. The van der Waals surface area contributed by atoms with Crippen molar-refractivity contribution in [3.05, 3.63) is 29.3 Å². The smallest absolute Gasteiger partial charge is 0.335 e. The highest BCUT2D eigenvalue weighted by Crippen LogP contribution is 2.34. The quantitative estimate of drug-likeness (QED) is 0.908. The predicted molar refractivity (Wildman–Crippen MR) is 77.2 cm³/mol. The molecule has 0 saturated carbocycles. The predicted octanol–water partition coefficient (Wildman–Crippen LogP) is 1.26. The summed E-state index contributed by atoms with van der Waals surface area (Å²) in [5.41, 5.74) is 1.51. The third-order valence-corrected chi connectivity index (χ3v) is 6.39. The number of hydrogen-bond donors (Lipinski definition) is 1. The van der Waals surface area contributed by atoms with Crippen molar-refractivity contribution in [1.82, 2.24) is 0 Å². The number of fused-ring (bicyclic) bond motifs is 1. The Morgan fingerprint density at radius 3 is 2.67 bits per heavy atom. The Labute approximate surface area is 123 Å². The Morgan fingerprint density at radius 2 is 2.00 bits per heavy atom. The van der Waals surface area contributed by atoms with Gasteiger partial charge >= 0.3 is 5.97 Å². The van der Waals surface area contributed by atoms with Crippen molar-refractivity contribution in [1.29, 1.82) is 0 Å². The Hall–Kier alpha value is -1.60. The number of nitrogens with zero attached hydrogens (tertiary/aromatic N) is 1. The molecule has 2 heterocycles. The zero-order chi connectivity index (χ0) is 15.0. The molecule has 7 heteroatoms. The summed E-state index contributed by atoms with van der Waals surface area (Å²) in [6, 6.07) is 4.69. The molecule has 1 aromatic carbocycles. The van der Waals surface area contributed by atoms with Gasteiger partial charge in [-0.25, -0.2) is 13.2 Å². The van der Waals surface area contributed by atoms with Gasteiger partial charge in [-0.1, -0.05) is 6.07 Å². The van der Waals surface area contributed by atoms with E-state index in [1.165, 1.54) is 16.4 Å². The summed E-state index contributed by atoms with van der Waals surface area (Å²) in [7, 11) is -3.46. The summed E-state index contributed by atoms with van der Waals surface area (Å²) >= 11 is 0. The van der Waals surface area contributed by atoms with Crippen molar-refractivity contribution >= 4 is 21.7 Å². The lowest BCUT2D eigenvalue weighted by molar-refractivity contribution is 0.0697. The van der Waals surface area contributed by atoms with E-state index in [0.29, 0.717) is 44.7 Å². The molecule has 21 heavy (non-hydrogen) atoms. The van der Waals surface area contributed by atoms with E-state index in [-0.39, 0.29) is 5.56 Å². The van der Waals surface area contributed by atoms with Gasteiger partial charge < -0.3 is 9.84 Å². The maximum atomic E-state index is 12.8. The second-order valence-electron chi connectivity index (χ2n) is 5.33. The molecular weight excluding hydrogens is 294 g/mol. The standard InChI is InChI=1S/C14H17NO5S/c16-14(17)11-2-1-10-3-6-15(13(10)9-11)21(18,19)12-4-7-20-8-5-12/h1-2,9,12H,3-8H2,(H,16,17). The van der Waals surface area contributed by atoms with Crippen LogP contribution in [0.1, 0.15) is 28.8 Å². The molecule has 3 rings (SSSR count). The Balaban J connectivity index is 1.95. The van der Waals surface area contributed by atoms with Crippen LogP contribution in [0, 0.1) is 0 Å². The van der Waals surface area contributed by atoms with Gasteiger partial charge in [0, 0.05) is 19.8 Å². The second kappa shape index (κ2) is 5.31. The van der Waals surface area contributed by atoms with Gasteiger partial charge in [0.25, 0.3) is 0 Å². The monoisotopic (exact) mass is 311 g/mol. The summed E-state index contributed by atoms with van der Waals surface area (Å²) in [6.07, 6.45) is 1.61. The van der Waals surface area contributed by atoms with Gasteiger partial charge in [-0.2, -0.15) is 0 Å². The van der Waals surface area contributed by atoms with Gasteiger partial charge in [0.1, 0.15) is 0 Å². The fourth-order valence-electron chi connectivity index (χ4n) is 2.90. The highest BCUT2D eigenvalue weighted by Gasteiger charge is 2.37. The van der Waals surface area contributed by atoms with E-state index >= 15 is 0 Å². The molecule has 1 fully saturated rings. The molecule has 114 valence electrons. The first-order valence-electron chi connectivity index (χ1n) is 6.95. The normalized spacial score (nSPS) is 19.5. The number of carbonyl (C=O) groups is 1. The first-order chi connectivity index (χ1) is 10.00. The number of benzene rings is 1. The lowest BCUT2D eigenvalue weighted by Crippen LogP contribution is -2.40. The Morgan fingerprint density at radius 1 is 1.29 bits per heavy atom. The van der Waals surface area contributed by atoms with Crippen LogP contribution in [0.15, 0.2) is 18.2 Å². The van der Waals surface area contributed by atoms with Crippen LogP contribution in [0.5, 0.6) is 0 Å². The van der Waals surface area contributed by atoms with Crippen LogP contribution in [-0.2, 0) is 21.2 Å². The van der Waals surface area contributed by atoms with Gasteiger partial charge in [-0.05, 0) is 37.0 Å². The van der Waals surface area contributed by atoms with Crippen LogP contribution in [-0.4, -0.2) is 44.5 Å². The molecule has 6 nitrogen and oxygen atoms in total. The molecule has 2 aliphatic rings. The molecule has 0 spiro atoms. The fraction of sp³-hybridized carbons (Fsp3) is 0.500. The van der Waals surface area contributed by atoms with Crippen LogP contribution in [0.25, 0.3) is 0 Å². The molecule has 0 amide bonds. The molecule has 0 radical (unpaired) electrons. The van der Waals surface area contributed by atoms with Crippen LogP contribution < -0.4 is 4.31 Å². The number of carboxylic acids is 1. The molecule has 0 unspecified atom stereocenters. The van der Waals surface area contributed by atoms with Gasteiger partial charge in [-0.3, -0.25) is 4.31 Å². The summed E-state index contributed by atoms with van der Waals surface area (Å²) in [5.74, 6) is -1.05. The summed E-state index contributed by atoms with van der Waals surface area (Å²) in [6.45, 7) is 1.30. The van der Waals surface area contributed by atoms with E-state index in [1.807, 2.05) is 0 Å². The lowest BCUT2D eigenvalue weighted by atomic mass is 10.1. The van der Waals surface area contributed by atoms with Crippen molar-refractivity contribution in [2.75, 3.05) is 24.1 Å². The van der Waals surface area contributed by atoms with Crippen molar-refractivity contribution in [3.63, 3.8) is 0 Å². The number of sulfonamides is 1. The second-order valence-corrected chi connectivity index (χ2v) is 7.46. The number of hydrogen-bond acceptors (Lipinski definition) is 4. The van der Waals surface area contributed by atoms with E-state index in [4.69, 9.17) is 9.84 Å². The third-order valence-electron chi connectivity index (χ3n) is 4.08. The first-order valence-corrected chi connectivity index (χ1v) is 8.46. The third kappa shape index (κ3) is 2.51. The lowest BCUT2D eigenvalue weighted by Gasteiger charge is -2.28. The SMILES string of the molecule is O=C(O)c1ccc2c(c1)N(S(=O)(=O)C1CCOCC1)CC2. The molecule has 1 saturated heterocycles. The van der Waals surface area contributed by atoms with E-state index in [1.54, 1.807) is 6.07 Å². The summed E-state index contributed by atoms with van der Waals surface area (Å²) in [5, 5.41) is 8.63. The molecular formula is C14H17NO5S. The zero-order valence-corrected chi connectivity index (χ0v) is 12.3. The van der Waals surface area contributed by atoms with Crippen molar-refractivity contribution in [2.45, 2.75) is 24.5 Å². The number of rotatable bonds is 3. The number of carboxylic acid groups (broad SMARTS) is 1. The van der Waals surface area contributed by atoms with Crippen LogP contribution in [0.3, 0.4) is 0 Å². The van der Waals surface area contributed by atoms with E-state index in [9.17, 15) is 13.2 Å². The van der Waals surface area contributed by atoms with Gasteiger partial charge in [-0.15, -0.1) is 0 Å². The van der Waals surface area contributed by atoms with Crippen molar-refractivity contribution in [2.24, 2.45) is 0 Å². The van der Waals surface area contributed by atoms with Crippen LogP contribution in [0.4, 0.5) is 5.69 Å². The number of anilines is 1. The molecule has 2 aliphatic heterocycles. The first kappa shape index (κ1) is 14.3. The minimum atomic E-state index is -3.46. The molecule has 0 atom stereocenters. The minimum absolute atomic E-state index is 0.114. The van der Waals surface area contributed by atoms with E-state index < -0.39 is 21.2 Å².